The number of ketones is 1. The smallest absolute Gasteiger partial charge is 0.253 e. The van der Waals surface area contributed by atoms with Gasteiger partial charge in [0.25, 0.3) is 11.8 Å². The van der Waals surface area contributed by atoms with Crippen LogP contribution in [0.3, 0.4) is 0 Å². The molecule has 224 valence electrons. The minimum atomic E-state index is -0.266. The van der Waals surface area contributed by atoms with Crippen LogP contribution in [-0.4, -0.2) is 70.2 Å². The van der Waals surface area contributed by atoms with Crippen molar-refractivity contribution in [2.24, 2.45) is 11.8 Å². The van der Waals surface area contributed by atoms with E-state index in [0.717, 1.165) is 62.8 Å². The molecule has 6 rings (SSSR count). The standard InChI is InChI=1S/C31H43N3O5S2/c35-28-18-19(6-5-13-34-29(36)10-11-30(34)37)25(39-22-7-2-1-3-8-22)15-20-16-26-27(41-40-26)17-21(14-24(20)33-28)31(38)23-9-4-12-32-23/h10-11,20-24,26-27,32H,1-9,12-18H2,(H,33,35)/b25-19+/t20?,21?,23-,24?,26?,27?/m0/s1. The van der Waals surface area contributed by atoms with Crippen LogP contribution in [0, 0.1) is 11.8 Å². The molecule has 0 radical (unpaired) electrons. The second-order valence-electron chi connectivity index (χ2n) is 12.7. The lowest BCUT2D eigenvalue weighted by Crippen LogP contribution is -2.50. The highest BCUT2D eigenvalue weighted by Crippen LogP contribution is 2.55. The molecule has 3 amide bonds. The predicted octanol–water partition coefficient (Wildman–Crippen LogP) is 4.44. The fraction of sp³-hybridized carbons (Fsp3) is 0.742. The van der Waals surface area contributed by atoms with Crippen LogP contribution in [0.4, 0.5) is 0 Å². The van der Waals surface area contributed by atoms with Crippen LogP contribution >= 0.6 is 21.6 Å². The van der Waals surface area contributed by atoms with E-state index in [1.807, 2.05) is 21.6 Å². The first kappa shape index (κ1) is 29.3. The summed E-state index contributed by atoms with van der Waals surface area (Å²) in [7, 11) is 3.86. The van der Waals surface area contributed by atoms with E-state index in [4.69, 9.17) is 4.74 Å². The maximum absolute atomic E-state index is 13.6. The number of carbonyl (C=O) groups is 4. The lowest BCUT2D eigenvalue weighted by Gasteiger charge is -2.45. The normalized spacial score (nSPS) is 36.4. The topological polar surface area (TPSA) is 105 Å². The van der Waals surface area contributed by atoms with Gasteiger partial charge in [-0.25, -0.2) is 0 Å². The van der Waals surface area contributed by atoms with Crippen molar-refractivity contribution in [3.63, 3.8) is 0 Å². The highest BCUT2D eigenvalue weighted by molar-refractivity contribution is 8.80. The third kappa shape index (κ3) is 6.90. The maximum Gasteiger partial charge on any atom is 0.253 e. The maximum atomic E-state index is 13.6. The number of hydrogen-bond donors (Lipinski definition) is 2. The number of fused-ring (bicyclic) bond motifs is 2. The SMILES string of the molecule is O=C1C/C(CCCN2C(=O)C=CC2=O)=C(/OC2CCCCC2)CC2CC3SSC3CC(C(=O)[C@@H]3CCCN3)CC2N1. The van der Waals surface area contributed by atoms with Crippen molar-refractivity contribution < 1.29 is 23.9 Å². The van der Waals surface area contributed by atoms with E-state index in [-0.39, 0.29) is 54.2 Å². The molecule has 0 spiro atoms. The van der Waals surface area contributed by atoms with Gasteiger partial charge in [0, 0.05) is 47.6 Å². The van der Waals surface area contributed by atoms with E-state index < -0.39 is 0 Å². The zero-order valence-corrected chi connectivity index (χ0v) is 25.4. The minimum Gasteiger partial charge on any atom is -0.495 e. The van der Waals surface area contributed by atoms with Gasteiger partial charge in [-0.3, -0.25) is 24.1 Å². The number of allylic oxidation sites excluding steroid dienone is 1. The monoisotopic (exact) mass is 601 g/mol. The van der Waals surface area contributed by atoms with Crippen LogP contribution in [0.25, 0.3) is 0 Å². The molecule has 41 heavy (non-hydrogen) atoms. The summed E-state index contributed by atoms with van der Waals surface area (Å²) in [5.74, 6) is 0.948. The third-order valence-corrected chi connectivity index (χ3v) is 13.5. The summed E-state index contributed by atoms with van der Waals surface area (Å²) in [6, 6.07) is -0.0815. The number of imide groups is 1. The summed E-state index contributed by atoms with van der Waals surface area (Å²) in [6.45, 7) is 1.25. The molecule has 6 atom stereocenters. The largest absolute Gasteiger partial charge is 0.495 e. The Morgan fingerprint density at radius 3 is 2.41 bits per heavy atom. The number of carbonyl (C=O) groups excluding carboxylic acids is 4. The molecule has 6 aliphatic rings. The van der Waals surface area contributed by atoms with Crippen molar-refractivity contribution in [1.82, 2.24) is 15.5 Å². The molecule has 0 bridgehead atoms. The van der Waals surface area contributed by atoms with Gasteiger partial charge in [-0.1, -0.05) is 28.0 Å². The number of amides is 3. The van der Waals surface area contributed by atoms with Gasteiger partial charge in [0.05, 0.1) is 24.3 Å². The van der Waals surface area contributed by atoms with E-state index in [2.05, 4.69) is 10.6 Å². The van der Waals surface area contributed by atoms with Gasteiger partial charge in [-0.15, -0.1) is 0 Å². The Kier molecular flexibility index (Phi) is 9.47. The number of hydrogen-bond acceptors (Lipinski definition) is 8. The molecule has 0 aromatic heterocycles. The van der Waals surface area contributed by atoms with Crippen LogP contribution in [0.5, 0.6) is 0 Å². The first-order chi connectivity index (χ1) is 19.9. The van der Waals surface area contributed by atoms with Crippen LogP contribution in [0.15, 0.2) is 23.5 Å². The second kappa shape index (κ2) is 13.2. The van der Waals surface area contributed by atoms with Crippen molar-refractivity contribution in [2.45, 2.75) is 119 Å². The minimum absolute atomic E-state index is 0.00705. The van der Waals surface area contributed by atoms with Crippen molar-refractivity contribution >= 4 is 45.1 Å². The average Bonchev–Trinajstić information content (AvgIpc) is 3.60. The van der Waals surface area contributed by atoms with Crippen LogP contribution in [0.2, 0.25) is 0 Å². The molecule has 2 N–H and O–H groups in total. The van der Waals surface area contributed by atoms with E-state index >= 15 is 0 Å². The van der Waals surface area contributed by atoms with Gasteiger partial charge in [-0.2, -0.15) is 0 Å². The van der Waals surface area contributed by atoms with Crippen LogP contribution in [0.1, 0.15) is 89.9 Å². The Morgan fingerprint density at radius 1 is 0.951 bits per heavy atom. The summed E-state index contributed by atoms with van der Waals surface area (Å²) in [5.41, 5.74) is 1.01. The number of Topliss-reactive ketones (excluding diaryl/α,β-unsaturated/α-hetero) is 1. The molecule has 4 heterocycles. The molecule has 2 saturated heterocycles. The molecule has 2 aliphatic carbocycles. The summed E-state index contributed by atoms with van der Waals surface area (Å²) >= 11 is 0. The van der Waals surface area contributed by atoms with E-state index in [9.17, 15) is 19.2 Å². The van der Waals surface area contributed by atoms with Gasteiger partial charge >= 0.3 is 0 Å². The molecule has 8 nitrogen and oxygen atoms in total. The van der Waals surface area contributed by atoms with Crippen molar-refractivity contribution in [3.05, 3.63) is 23.5 Å². The average molecular weight is 602 g/mol. The van der Waals surface area contributed by atoms with E-state index in [1.165, 1.54) is 36.3 Å². The number of nitrogens with zero attached hydrogens (tertiary/aromatic N) is 1. The highest BCUT2D eigenvalue weighted by Gasteiger charge is 2.45. The fourth-order valence-electron chi connectivity index (χ4n) is 7.56. The molecule has 10 heteroatoms. The summed E-state index contributed by atoms with van der Waals surface area (Å²) in [4.78, 5) is 52.6. The summed E-state index contributed by atoms with van der Waals surface area (Å²) < 4.78 is 6.80. The molecule has 5 unspecified atom stereocenters. The van der Waals surface area contributed by atoms with E-state index in [0.29, 0.717) is 42.1 Å². The molecular formula is C31H43N3O5S2. The predicted molar refractivity (Wildman–Crippen MR) is 161 cm³/mol. The third-order valence-electron chi connectivity index (χ3n) is 9.87. The van der Waals surface area contributed by atoms with Crippen molar-refractivity contribution in [3.8, 4) is 0 Å². The van der Waals surface area contributed by atoms with Crippen molar-refractivity contribution in [1.29, 1.82) is 0 Å². The Bertz CT molecular complexity index is 1080. The number of rotatable bonds is 8. The van der Waals surface area contributed by atoms with Crippen molar-refractivity contribution in [2.75, 3.05) is 13.1 Å². The molecule has 0 aromatic rings. The number of ether oxygens (including phenoxy) is 1. The van der Waals surface area contributed by atoms with Gasteiger partial charge < -0.3 is 15.4 Å². The Labute approximate surface area is 251 Å². The Morgan fingerprint density at radius 2 is 1.71 bits per heavy atom. The van der Waals surface area contributed by atoms with Gasteiger partial charge in [-0.05, 0) is 88.7 Å². The molecule has 4 aliphatic heterocycles. The highest BCUT2D eigenvalue weighted by atomic mass is 33.1. The zero-order chi connectivity index (χ0) is 28.3. The molecule has 0 aromatic carbocycles. The fourth-order valence-corrected chi connectivity index (χ4v) is 10.6. The van der Waals surface area contributed by atoms with Gasteiger partial charge in [0.15, 0.2) is 5.78 Å². The zero-order valence-electron chi connectivity index (χ0n) is 23.8. The van der Waals surface area contributed by atoms with Crippen LogP contribution < -0.4 is 10.6 Å². The van der Waals surface area contributed by atoms with Gasteiger partial charge in [0.2, 0.25) is 5.91 Å². The van der Waals surface area contributed by atoms with Crippen LogP contribution in [-0.2, 0) is 23.9 Å². The number of nitrogens with one attached hydrogen (secondary N) is 2. The molecular weight excluding hydrogens is 558 g/mol. The quantitative estimate of drug-likeness (QED) is 0.311. The van der Waals surface area contributed by atoms with Gasteiger partial charge in [0.1, 0.15) is 0 Å². The summed E-state index contributed by atoms with van der Waals surface area (Å²) in [5, 5.41) is 7.78. The first-order valence-electron chi connectivity index (χ1n) is 15.7. The first-order valence-corrected chi connectivity index (χ1v) is 18.0. The lowest BCUT2D eigenvalue weighted by molar-refractivity contribution is -0.137. The molecule has 2 saturated carbocycles. The Hall–Kier alpha value is -1.78. The van der Waals surface area contributed by atoms with E-state index in [1.54, 1.807) is 0 Å². The lowest BCUT2D eigenvalue weighted by atomic mass is 9.76. The molecule has 4 fully saturated rings. The second-order valence-corrected chi connectivity index (χ2v) is 15.5. The Balaban J connectivity index is 1.23. The summed E-state index contributed by atoms with van der Waals surface area (Å²) in [6.07, 6.45) is 15.4.